The number of nitrogens with zero attached hydrogens (tertiary/aromatic N) is 3. The normalized spacial score (nSPS) is 17.9. The van der Waals surface area contributed by atoms with Crippen LogP contribution in [0.2, 0.25) is 0 Å². The lowest BCUT2D eigenvalue weighted by Crippen LogP contribution is -2.34. The summed E-state index contributed by atoms with van der Waals surface area (Å²) in [6, 6.07) is 16.2. The number of carbonyl (C=O) groups excluding carboxylic acids is 2. The zero-order valence-corrected chi connectivity index (χ0v) is 17.8. The fraction of sp³-hybridized carbons (Fsp3) is 0.174. The Morgan fingerprint density at radius 2 is 1.88 bits per heavy atom. The Kier molecular flexibility index (Phi) is 4.90. The van der Waals surface area contributed by atoms with Crippen molar-refractivity contribution in [2.45, 2.75) is 17.4 Å². The molecule has 3 amide bonds. The molecule has 3 aromatic rings. The van der Waals surface area contributed by atoms with Gasteiger partial charge in [-0.05, 0) is 47.9 Å². The lowest BCUT2D eigenvalue weighted by atomic mass is 10.1. The lowest BCUT2D eigenvalue weighted by molar-refractivity contribution is 0.0989. The summed E-state index contributed by atoms with van der Waals surface area (Å²) < 4.78 is 27.3. The molecule has 1 fully saturated rings. The second-order valence-electron chi connectivity index (χ2n) is 7.69. The van der Waals surface area contributed by atoms with Crippen molar-refractivity contribution in [2.24, 2.45) is 0 Å². The number of pyridine rings is 1. The molecular weight excluding hydrogens is 428 g/mol. The summed E-state index contributed by atoms with van der Waals surface area (Å²) in [6.07, 6.45) is 3.64. The number of carbonyl (C=O) groups is 2. The number of hydrogen-bond acceptors (Lipinski definition) is 5. The van der Waals surface area contributed by atoms with Crippen molar-refractivity contribution in [3.8, 4) is 0 Å². The minimum atomic E-state index is -4.03. The quantitative estimate of drug-likeness (QED) is 0.662. The molecule has 1 N–H and O–H groups in total. The van der Waals surface area contributed by atoms with Gasteiger partial charge in [0.15, 0.2) is 0 Å². The number of aromatic nitrogens is 1. The standard InChI is InChI=1S/C23H20N4O4S/c28-22(18-7-4-11-24-14-18)26-12-10-17-13-19(8-9-21(17)26)32(30,31)27-15-20(25-23(27)29)16-5-2-1-3-6-16/h1-9,11,13-14,20H,10,12,15H2,(H,25,29). The molecule has 32 heavy (non-hydrogen) atoms. The van der Waals surface area contributed by atoms with E-state index in [4.69, 9.17) is 0 Å². The van der Waals surface area contributed by atoms with Crippen molar-refractivity contribution in [3.05, 3.63) is 89.7 Å². The molecule has 8 nitrogen and oxygen atoms in total. The minimum absolute atomic E-state index is 0.0217. The van der Waals surface area contributed by atoms with Crippen molar-refractivity contribution in [2.75, 3.05) is 18.0 Å². The predicted molar refractivity (Wildman–Crippen MR) is 118 cm³/mol. The van der Waals surface area contributed by atoms with Gasteiger partial charge < -0.3 is 10.2 Å². The highest BCUT2D eigenvalue weighted by molar-refractivity contribution is 7.89. The van der Waals surface area contributed by atoms with E-state index in [-0.39, 0.29) is 17.3 Å². The number of urea groups is 1. The SMILES string of the molecule is O=C(c1cccnc1)N1CCc2cc(S(=O)(=O)N3CC(c4ccccc4)NC3=O)ccc21. The van der Waals surface area contributed by atoms with Crippen LogP contribution in [-0.4, -0.2) is 42.7 Å². The summed E-state index contributed by atoms with van der Waals surface area (Å²) >= 11 is 0. The van der Waals surface area contributed by atoms with Gasteiger partial charge in [-0.1, -0.05) is 30.3 Å². The first kappa shape index (κ1) is 20.2. The molecule has 5 rings (SSSR count). The Balaban J connectivity index is 1.40. The molecule has 0 spiro atoms. The van der Waals surface area contributed by atoms with E-state index in [1.807, 2.05) is 30.3 Å². The van der Waals surface area contributed by atoms with Gasteiger partial charge in [-0.3, -0.25) is 9.78 Å². The Labute approximate surface area is 185 Å². The van der Waals surface area contributed by atoms with Crippen LogP contribution in [0.4, 0.5) is 10.5 Å². The van der Waals surface area contributed by atoms with Gasteiger partial charge in [-0.15, -0.1) is 0 Å². The van der Waals surface area contributed by atoms with Crippen LogP contribution in [0.3, 0.4) is 0 Å². The number of nitrogens with one attached hydrogen (secondary N) is 1. The van der Waals surface area contributed by atoms with Crippen LogP contribution in [0.15, 0.2) is 78.0 Å². The largest absolute Gasteiger partial charge is 0.331 e. The second kappa shape index (κ2) is 7.76. The molecule has 9 heteroatoms. The van der Waals surface area contributed by atoms with Gasteiger partial charge in [0, 0.05) is 24.6 Å². The van der Waals surface area contributed by atoms with E-state index in [0.29, 0.717) is 24.2 Å². The Morgan fingerprint density at radius 1 is 1.06 bits per heavy atom. The number of hydrogen-bond donors (Lipinski definition) is 1. The van der Waals surface area contributed by atoms with Crippen molar-refractivity contribution in [1.82, 2.24) is 14.6 Å². The summed E-state index contributed by atoms with van der Waals surface area (Å²) in [4.78, 5) is 31.0. The van der Waals surface area contributed by atoms with Crippen LogP contribution in [0, 0.1) is 0 Å². The molecule has 1 atom stereocenters. The van der Waals surface area contributed by atoms with Gasteiger partial charge in [-0.25, -0.2) is 17.5 Å². The predicted octanol–water partition coefficient (Wildman–Crippen LogP) is 2.74. The third kappa shape index (κ3) is 3.40. The minimum Gasteiger partial charge on any atom is -0.328 e. The summed E-state index contributed by atoms with van der Waals surface area (Å²) in [5, 5.41) is 2.74. The molecular formula is C23H20N4O4S. The molecule has 0 aliphatic carbocycles. The first-order valence-corrected chi connectivity index (χ1v) is 11.6. The second-order valence-corrected chi connectivity index (χ2v) is 9.55. The zero-order valence-electron chi connectivity index (χ0n) is 17.0. The van der Waals surface area contributed by atoms with E-state index >= 15 is 0 Å². The molecule has 0 saturated carbocycles. The molecule has 1 aromatic heterocycles. The van der Waals surface area contributed by atoms with Crippen molar-refractivity contribution < 1.29 is 18.0 Å². The first-order valence-electron chi connectivity index (χ1n) is 10.2. The van der Waals surface area contributed by atoms with E-state index in [2.05, 4.69) is 10.3 Å². The molecule has 1 saturated heterocycles. The van der Waals surface area contributed by atoms with Crippen LogP contribution in [0.5, 0.6) is 0 Å². The summed E-state index contributed by atoms with van der Waals surface area (Å²) in [5.74, 6) is -0.183. The fourth-order valence-electron chi connectivity index (χ4n) is 4.12. The zero-order chi connectivity index (χ0) is 22.3. The Morgan fingerprint density at radius 3 is 2.62 bits per heavy atom. The van der Waals surface area contributed by atoms with Gasteiger partial charge in [0.25, 0.3) is 15.9 Å². The first-order chi connectivity index (χ1) is 15.4. The van der Waals surface area contributed by atoms with E-state index < -0.39 is 22.1 Å². The highest BCUT2D eigenvalue weighted by Gasteiger charge is 2.39. The molecule has 0 bridgehead atoms. The van der Waals surface area contributed by atoms with Crippen LogP contribution < -0.4 is 10.2 Å². The average Bonchev–Trinajstić information content (AvgIpc) is 3.43. The van der Waals surface area contributed by atoms with E-state index in [1.54, 1.807) is 35.4 Å². The number of benzene rings is 2. The topological polar surface area (TPSA) is 99.7 Å². The van der Waals surface area contributed by atoms with Crippen LogP contribution >= 0.6 is 0 Å². The lowest BCUT2D eigenvalue weighted by Gasteiger charge is -2.19. The average molecular weight is 449 g/mol. The maximum absolute atomic E-state index is 13.2. The van der Waals surface area contributed by atoms with Gasteiger partial charge >= 0.3 is 6.03 Å². The van der Waals surface area contributed by atoms with Crippen LogP contribution in [-0.2, 0) is 16.4 Å². The van der Waals surface area contributed by atoms with Crippen LogP contribution in [0.25, 0.3) is 0 Å². The molecule has 2 aromatic carbocycles. The molecule has 2 aliphatic heterocycles. The van der Waals surface area contributed by atoms with E-state index in [1.165, 1.54) is 12.3 Å². The third-order valence-electron chi connectivity index (χ3n) is 5.76. The van der Waals surface area contributed by atoms with Crippen molar-refractivity contribution in [1.29, 1.82) is 0 Å². The van der Waals surface area contributed by atoms with Gasteiger partial charge in [0.1, 0.15) is 0 Å². The highest BCUT2D eigenvalue weighted by atomic mass is 32.2. The Hall–Kier alpha value is -3.72. The van der Waals surface area contributed by atoms with Gasteiger partial charge in [0.2, 0.25) is 0 Å². The monoisotopic (exact) mass is 448 g/mol. The van der Waals surface area contributed by atoms with Gasteiger partial charge in [-0.2, -0.15) is 0 Å². The molecule has 3 heterocycles. The van der Waals surface area contributed by atoms with E-state index in [0.717, 1.165) is 15.4 Å². The number of anilines is 1. The molecule has 0 radical (unpaired) electrons. The maximum Gasteiger partial charge on any atom is 0.331 e. The molecule has 1 unspecified atom stereocenters. The Bertz CT molecular complexity index is 1300. The summed E-state index contributed by atoms with van der Waals surface area (Å²) in [7, 11) is -4.03. The highest BCUT2D eigenvalue weighted by Crippen LogP contribution is 2.33. The van der Waals surface area contributed by atoms with Crippen LogP contribution in [0.1, 0.15) is 27.5 Å². The molecule has 2 aliphatic rings. The number of sulfonamides is 1. The van der Waals surface area contributed by atoms with Crippen molar-refractivity contribution >= 4 is 27.6 Å². The fourth-order valence-corrected chi connectivity index (χ4v) is 5.52. The number of rotatable bonds is 4. The van der Waals surface area contributed by atoms with Gasteiger partial charge in [0.05, 0.1) is 23.0 Å². The number of amides is 3. The summed E-state index contributed by atoms with van der Waals surface area (Å²) in [5.41, 5.74) is 2.74. The van der Waals surface area contributed by atoms with Crippen molar-refractivity contribution in [3.63, 3.8) is 0 Å². The molecule has 162 valence electrons. The number of fused-ring (bicyclic) bond motifs is 1. The smallest absolute Gasteiger partial charge is 0.328 e. The van der Waals surface area contributed by atoms with E-state index in [9.17, 15) is 18.0 Å². The maximum atomic E-state index is 13.2. The third-order valence-corrected chi connectivity index (χ3v) is 7.51. The summed E-state index contributed by atoms with van der Waals surface area (Å²) in [6.45, 7) is 0.473.